The molecule has 1 aliphatic heterocycles. The maximum atomic E-state index is 14.6. The van der Waals surface area contributed by atoms with Crippen LogP contribution in [0.1, 0.15) is 55.0 Å². The van der Waals surface area contributed by atoms with Gasteiger partial charge in [0.1, 0.15) is 11.6 Å². The Morgan fingerprint density at radius 3 is 2.76 bits per heavy atom. The summed E-state index contributed by atoms with van der Waals surface area (Å²) < 4.78 is 31.6. The van der Waals surface area contributed by atoms with Crippen LogP contribution in [0.3, 0.4) is 0 Å². The molecule has 0 bridgehead atoms. The molecule has 0 radical (unpaired) electrons. The van der Waals surface area contributed by atoms with E-state index in [-0.39, 0.29) is 28.3 Å². The Hall–Kier alpha value is -1.54. The zero-order valence-electron chi connectivity index (χ0n) is 16.3. The van der Waals surface area contributed by atoms with Crippen LogP contribution in [-0.2, 0) is 24.2 Å². The average molecular weight is 484 g/mol. The third-order valence-electron chi connectivity index (χ3n) is 6.35. The second kappa shape index (κ2) is 8.30. The van der Waals surface area contributed by atoms with Crippen LogP contribution in [0.25, 0.3) is 0 Å². The highest BCUT2D eigenvalue weighted by Crippen LogP contribution is 2.36. The molecule has 1 amide bonds. The molecule has 2 heterocycles. The van der Waals surface area contributed by atoms with Crippen molar-refractivity contribution in [3.63, 3.8) is 0 Å². The molecule has 0 saturated heterocycles. The van der Waals surface area contributed by atoms with E-state index in [9.17, 15) is 13.6 Å². The lowest BCUT2D eigenvalue weighted by Gasteiger charge is -2.31. The molecule has 1 unspecified atom stereocenters. The van der Waals surface area contributed by atoms with Crippen molar-refractivity contribution >= 4 is 34.1 Å². The molecule has 1 aromatic heterocycles. The highest BCUT2D eigenvalue weighted by molar-refractivity contribution is 9.10. The highest BCUT2D eigenvalue weighted by atomic mass is 79.9. The second-order valence-corrected chi connectivity index (χ2v) is 9.34. The fraction of sp³-hybridized carbons (Fsp3) is 0.524. The molecule has 1 aliphatic carbocycles. The standard InChI is InChI=1S/C21H24BrF2N3OS/c1-26(13-5-3-2-4-6-13)18(28)10-16-17-9-12(11-27(17)21(29)25-16)19-15(23)8-7-14(22)20(19)24/h7-8,12-13H,2-6,9-11H2,1H3,(H,25,29). The number of halogens is 3. The van der Waals surface area contributed by atoms with Crippen LogP contribution in [0, 0.1) is 16.4 Å². The van der Waals surface area contributed by atoms with Crippen molar-refractivity contribution in [2.75, 3.05) is 7.05 Å². The van der Waals surface area contributed by atoms with Crippen molar-refractivity contribution in [2.24, 2.45) is 0 Å². The number of amides is 1. The van der Waals surface area contributed by atoms with E-state index >= 15 is 0 Å². The van der Waals surface area contributed by atoms with Crippen LogP contribution in [0.2, 0.25) is 0 Å². The monoisotopic (exact) mass is 483 g/mol. The highest BCUT2D eigenvalue weighted by Gasteiger charge is 2.32. The minimum absolute atomic E-state index is 0.0554. The molecule has 4 nitrogen and oxygen atoms in total. The lowest BCUT2D eigenvalue weighted by Crippen LogP contribution is -2.39. The molecule has 8 heteroatoms. The molecule has 29 heavy (non-hydrogen) atoms. The first-order valence-electron chi connectivity index (χ1n) is 10.1. The van der Waals surface area contributed by atoms with E-state index in [2.05, 4.69) is 20.9 Å². The van der Waals surface area contributed by atoms with Gasteiger partial charge in [-0.25, -0.2) is 8.78 Å². The summed E-state index contributed by atoms with van der Waals surface area (Å²) in [5.74, 6) is -1.40. The Morgan fingerprint density at radius 1 is 1.31 bits per heavy atom. The van der Waals surface area contributed by atoms with Crippen molar-refractivity contribution in [2.45, 2.75) is 63.5 Å². The number of nitrogens with one attached hydrogen (secondary N) is 1. The lowest BCUT2D eigenvalue weighted by atomic mass is 9.94. The fourth-order valence-corrected chi connectivity index (χ4v) is 5.36. The SMILES string of the molecule is CN(C(=O)Cc1[nH]c(=S)n2c1CC(c1c(F)ccc(Br)c1F)C2)C1CCCCC1. The summed E-state index contributed by atoms with van der Waals surface area (Å²) in [4.78, 5) is 17.9. The zero-order valence-corrected chi connectivity index (χ0v) is 18.7. The van der Waals surface area contributed by atoms with Crippen LogP contribution in [-0.4, -0.2) is 33.4 Å². The van der Waals surface area contributed by atoms with Crippen LogP contribution < -0.4 is 0 Å². The van der Waals surface area contributed by atoms with Gasteiger partial charge in [0.25, 0.3) is 0 Å². The summed E-state index contributed by atoms with van der Waals surface area (Å²) in [5, 5.41) is 0. The van der Waals surface area contributed by atoms with Gasteiger partial charge in [0, 0.05) is 42.5 Å². The van der Waals surface area contributed by atoms with Gasteiger partial charge in [-0.2, -0.15) is 0 Å². The number of fused-ring (bicyclic) bond motifs is 1. The normalized spacial score (nSPS) is 19.4. The quantitative estimate of drug-likeness (QED) is 0.475. The predicted octanol–water partition coefficient (Wildman–Crippen LogP) is 5.26. The third kappa shape index (κ3) is 3.93. The molecular weight excluding hydrogens is 460 g/mol. The van der Waals surface area contributed by atoms with Crippen molar-refractivity contribution in [1.82, 2.24) is 14.5 Å². The first-order valence-corrected chi connectivity index (χ1v) is 11.3. The summed E-state index contributed by atoms with van der Waals surface area (Å²) in [6, 6.07) is 2.95. The van der Waals surface area contributed by atoms with Gasteiger partial charge in [0.15, 0.2) is 4.77 Å². The van der Waals surface area contributed by atoms with E-state index in [1.165, 1.54) is 18.6 Å². The number of carbonyl (C=O) groups is 1. The minimum atomic E-state index is -0.565. The van der Waals surface area contributed by atoms with E-state index in [0.29, 0.717) is 23.8 Å². The maximum Gasteiger partial charge on any atom is 0.228 e. The molecule has 1 aromatic carbocycles. The Bertz CT molecular complexity index is 997. The summed E-state index contributed by atoms with van der Waals surface area (Å²) in [7, 11) is 1.87. The van der Waals surface area contributed by atoms with E-state index in [4.69, 9.17) is 12.2 Å². The number of hydrogen-bond donors (Lipinski definition) is 1. The number of carbonyl (C=O) groups excluding carboxylic acids is 1. The van der Waals surface area contributed by atoms with Gasteiger partial charge in [0.05, 0.1) is 10.9 Å². The maximum absolute atomic E-state index is 14.6. The average Bonchev–Trinajstić information content (AvgIpc) is 3.26. The first kappa shape index (κ1) is 20.7. The third-order valence-corrected chi connectivity index (χ3v) is 7.29. The van der Waals surface area contributed by atoms with Gasteiger partial charge >= 0.3 is 0 Å². The number of rotatable bonds is 4. The van der Waals surface area contributed by atoms with E-state index in [1.54, 1.807) is 0 Å². The fourth-order valence-electron chi connectivity index (χ4n) is 4.70. The van der Waals surface area contributed by atoms with Gasteiger partial charge in [-0.05, 0) is 59.5 Å². The van der Waals surface area contributed by atoms with Crippen LogP contribution in [0.5, 0.6) is 0 Å². The predicted molar refractivity (Wildman–Crippen MR) is 113 cm³/mol. The zero-order chi connectivity index (χ0) is 20.7. The Kier molecular flexibility index (Phi) is 5.93. The number of nitrogens with zero attached hydrogens (tertiary/aromatic N) is 2. The number of H-pyrrole nitrogens is 1. The van der Waals surface area contributed by atoms with Gasteiger partial charge in [-0.15, -0.1) is 0 Å². The molecule has 1 fully saturated rings. The van der Waals surface area contributed by atoms with E-state index in [1.807, 2.05) is 16.5 Å². The Morgan fingerprint density at radius 2 is 2.03 bits per heavy atom. The summed E-state index contributed by atoms with van der Waals surface area (Å²) in [6.45, 7) is 0.404. The first-order chi connectivity index (χ1) is 13.9. The smallest absolute Gasteiger partial charge is 0.228 e. The Labute approximate surface area is 182 Å². The van der Waals surface area contributed by atoms with Crippen molar-refractivity contribution in [3.05, 3.63) is 50.0 Å². The Balaban J connectivity index is 1.54. The molecule has 0 spiro atoms. The van der Waals surface area contributed by atoms with Crippen molar-refractivity contribution < 1.29 is 13.6 Å². The molecule has 2 aromatic rings. The van der Waals surface area contributed by atoms with Gasteiger partial charge < -0.3 is 14.5 Å². The van der Waals surface area contributed by atoms with E-state index in [0.717, 1.165) is 37.1 Å². The molecule has 2 aliphatic rings. The molecular formula is C21H24BrF2N3OS. The minimum Gasteiger partial charge on any atom is -0.342 e. The largest absolute Gasteiger partial charge is 0.342 e. The summed E-state index contributed by atoms with van der Waals surface area (Å²) in [6.07, 6.45) is 6.35. The topological polar surface area (TPSA) is 41.0 Å². The number of aromatic nitrogens is 2. The van der Waals surface area contributed by atoms with Gasteiger partial charge in [0.2, 0.25) is 5.91 Å². The number of hydrogen-bond acceptors (Lipinski definition) is 2. The summed E-state index contributed by atoms with van der Waals surface area (Å²) in [5.41, 5.74) is 1.72. The van der Waals surface area contributed by atoms with Crippen LogP contribution in [0.15, 0.2) is 16.6 Å². The summed E-state index contributed by atoms with van der Waals surface area (Å²) >= 11 is 8.57. The number of likely N-dealkylation sites (N-methyl/N-ethyl adjacent to an activating group) is 1. The number of aromatic amines is 1. The van der Waals surface area contributed by atoms with Gasteiger partial charge in [-0.1, -0.05) is 19.3 Å². The van der Waals surface area contributed by atoms with Crippen molar-refractivity contribution in [3.8, 4) is 0 Å². The lowest BCUT2D eigenvalue weighted by molar-refractivity contribution is -0.131. The number of benzene rings is 1. The van der Waals surface area contributed by atoms with Crippen LogP contribution >= 0.6 is 28.1 Å². The van der Waals surface area contributed by atoms with Crippen molar-refractivity contribution in [1.29, 1.82) is 0 Å². The van der Waals surface area contributed by atoms with Gasteiger partial charge in [-0.3, -0.25) is 4.79 Å². The second-order valence-electron chi connectivity index (χ2n) is 8.10. The molecule has 1 N–H and O–H groups in total. The molecule has 1 saturated carbocycles. The molecule has 1 atom stereocenters. The van der Waals surface area contributed by atoms with E-state index < -0.39 is 11.6 Å². The molecule has 4 rings (SSSR count). The molecule has 156 valence electrons. The van der Waals surface area contributed by atoms with Crippen LogP contribution in [0.4, 0.5) is 8.78 Å². The number of imidazole rings is 1.